The minimum atomic E-state index is -0.0698. The minimum Gasteiger partial charge on any atom is -0.384 e. The molecule has 1 aliphatic rings. The Morgan fingerprint density at radius 2 is 2.10 bits per heavy atom. The van der Waals surface area contributed by atoms with E-state index in [0.717, 1.165) is 24.2 Å². The maximum Gasteiger partial charge on any atom is 0.251 e. The van der Waals surface area contributed by atoms with Gasteiger partial charge in [0.1, 0.15) is 0 Å². The van der Waals surface area contributed by atoms with Gasteiger partial charge in [0.15, 0.2) is 0 Å². The van der Waals surface area contributed by atoms with E-state index in [0.29, 0.717) is 17.1 Å². The van der Waals surface area contributed by atoms with Gasteiger partial charge in [-0.1, -0.05) is 29.8 Å². The normalized spacial score (nSPS) is 12.7. The van der Waals surface area contributed by atoms with E-state index in [1.54, 1.807) is 0 Å². The molecule has 0 spiro atoms. The summed E-state index contributed by atoms with van der Waals surface area (Å²) in [5, 5.41) is 6.86. The molecule has 2 aromatic rings. The van der Waals surface area contributed by atoms with Crippen molar-refractivity contribution >= 4 is 23.2 Å². The second kappa shape index (κ2) is 5.55. The third-order valence-electron chi connectivity index (χ3n) is 3.47. The molecule has 2 aromatic carbocycles. The van der Waals surface area contributed by atoms with Crippen molar-refractivity contribution in [3.05, 3.63) is 64.2 Å². The molecule has 2 N–H and O–H groups in total. The number of carbonyl (C=O) groups excluding carboxylic acids is 1. The zero-order valence-corrected chi connectivity index (χ0v) is 11.7. The number of amides is 1. The van der Waals surface area contributed by atoms with E-state index in [9.17, 15) is 4.79 Å². The van der Waals surface area contributed by atoms with E-state index in [2.05, 4.69) is 10.6 Å². The second-order valence-electron chi connectivity index (χ2n) is 4.82. The lowest BCUT2D eigenvalue weighted by atomic mass is 10.1. The lowest BCUT2D eigenvalue weighted by Gasteiger charge is -2.08. The van der Waals surface area contributed by atoms with E-state index < -0.39 is 0 Å². The summed E-state index contributed by atoms with van der Waals surface area (Å²) in [6, 6.07) is 13.3. The standard InChI is InChI=1S/C16H15ClN2O/c17-14-4-2-1-3-13(14)10-19-16(20)12-5-6-15-11(9-12)7-8-18-15/h1-6,9,18H,7-8,10H2,(H,19,20). The van der Waals surface area contributed by atoms with Crippen LogP contribution in [-0.4, -0.2) is 12.5 Å². The first-order chi connectivity index (χ1) is 9.74. The van der Waals surface area contributed by atoms with Crippen molar-refractivity contribution in [2.45, 2.75) is 13.0 Å². The number of anilines is 1. The first-order valence-electron chi connectivity index (χ1n) is 6.62. The number of hydrogen-bond acceptors (Lipinski definition) is 2. The van der Waals surface area contributed by atoms with Gasteiger partial charge < -0.3 is 10.6 Å². The van der Waals surface area contributed by atoms with Crippen molar-refractivity contribution in [3.8, 4) is 0 Å². The zero-order chi connectivity index (χ0) is 13.9. The molecule has 0 saturated heterocycles. The van der Waals surface area contributed by atoms with Crippen molar-refractivity contribution in [3.63, 3.8) is 0 Å². The monoisotopic (exact) mass is 286 g/mol. The molecule has 0 radical (unpaired) electrons. The number of halogens is 1. The quantitative estimate of drug-likeness (QED) is 0.909. The molecule has 0 aromatic heterocycles. The fourth-order valence-corrected chi connectivity index (χ4v) is 2.57. The Labute approximate surface area is 123 Å². The lowest BCUT2D eigenvalue weighted by molar-refractivity contribution is 0.0951. The summed E-state index contributed by atoms with van der Waals surface area (Å²) in [4.78, 5) is 12.2. The molecular formula is C16H15ClN2O. The predicted octanol–water partition coefficient (Wildman–Crippen LogP) is 3.24. The first kappa shape index (κ1) is 13.0. The van der Waals surface area contributed by atoms with E-state index in [-0.39, 0.29) is 5.91 Å². The SMILES string of the molecule is O=C(NCc1ccccc1Cl)c1ccc2c(c1)CCN2. The fraction of sp³-hybridized carbons (Fsp3) is 0.188. The van der Waals surface area contributed by atoms with Crippen LogP contribution in [0.15, 0.2) is 42.5 Å². The highest BCUT2D eigenvalue weighted by Crippen LogP contribution is 2.23. The summed E-state index contributed by atoms with van der Waals surface area (Å²) in [5.74, 6) is -0.0698. The van der Waals surface area contributed by atoms with Crippen LogP contribution in [0.1, 0.15) is 21.5 Å². The first-order valence-corrected chi connectivity index (χ1v) is 7.00. The van der Waals surface area contributed by atoms with Gasteiger partial charge in [0, 0.05) is 29.4 Å². The predicted molar refractivity (Wildman–Crippen MR) is 81.3 cm³/mol. The Kier molecular flexibility index (Phi) is 3.61. The van der Waals surface area contributed by atoms with Crippen LogP contribution < -0.4 is 10.6 Å². The number of hydrogen-bond donors (Lipinski definition) is 2. The fourth-order valence-electron chi connectivity index (χ4n) is 2.37. The van der Waals surface area contributed by atoms with Crippen molar-refractivity contribution in [2.75, 3.05) is 11.9 Å². The Bertz CT molecular complexity index is 655. The van der Waals surface area contributed by atoms with Crippen LogP contribution in [0.5, 0.6) is 0 Å². The molecule has 0 bridgehead atoms. The van der Waals surface area contributed by atoms with Crippen molar-refractivity contribution in [1.82, 2.24) is 5.32 Å². The number of benzene rings is 2. The molecule has 1 amide bonds. The Hall–Kier alpha value is -2.00. The van der Waals surface area contributed by atoms with E-state index >= 15 is 0 Å². The van der Waals surface area contributed by atoms with Crippen LogP contribution in [-0.2, 0) is 13.0 Å². The van der Waals surface area contributed by atoms with Crippen molar-refractivity contribution < 1.29 is 4.79 Å². The van der Waals surface area contributed by atoms with Crippen molar-refractivity contribution in [2.24, 2.45) is 0 Å². The molecule has 1 aliphatic heterocycles. The highest BCUT2D eigenvalue weighted by atomic mass is 35.5. The van der Waals surface area contributed by atoms with Gasteiger partial charge in [0.25, 0.3) is 5.91 Å². The second-order valence-corrected chi connectivity index (χ2v) is 5.23. The average molecular weight is 287 g/mol. The van der Waals surface area contributed by atoms with Crippen molar-refractivity contribution in [1.29, 1.82) is 0 Å². The van der Waals surface area contributed by atoms with Crippen LogP contribution in [0.25, 0.3) is 0 Å². The smallest absolute Gasteiger partial charge is 0.251 e. The Balaban J connectivity index is 1.69. The van der Waals surface area contributed by atoms with Crippen LogP contribution in [0.3, 0.4) is 0 Å². The molecule has 0 saturated carbocycles. The summed E-state index contributed by atoms with van der Waals surface area (Å²) < 4.78 is 0. The maximum absolute atomic E-state index is 12.2. The van der Waals surface area contributed by atoms with Gasteiger partial charge >= 0.3 is 0 Å². The van der Waals surface area contributed by atoms with Gasteiger partial charge in [-0.3, -0.25) is 4.79 Å². The van der Waals surface area contributed by atoms with Gasteiger partial charge in [0.05, 0.1) is 0 Å². The van der Waals surface area contributed by atoms with Gasteiger partial charge in [-0.25, -0.2) is 0 Å². The number of rotatable bonds is 3. The average Bonchev–Trinajstić information content (AvgIpc) is 2.93. The zero-order valence-electron chi connectivity index (χ0n) is 10.9. The third kappa shape index (κ3) is 2.63. The molecule has 20 heavy (non-hydrogen) atoms. The van der Waals surface area contributed by atoms with Gasteiger partial charge in [-0.05, 0) is 41.8 Å². The molecular weight excluding hydrogens is 272 g/mol. The molecule has 3 nitrogen and oxygen atoms in total. The Morgan fingerprint density at radius 1 is 1.25 bits per heavy atom. The summed E-state index contributed by atoms with van der Waals surface area (Å²) in [6.45, 7) is 1.38. The molecule has 102 valence electrons. The van der Waals surface area contributed by atoms with E-state index in [1.807, 2.05) is 42.5 Å². The molecule has 0 fully saturated rings. The van der Waals surface area contributed by atoms with Gasteiger partial charge in [0.2, 0.25) is 0 Å². The molecule has 0 aliphatic carbocycles. The number of carbonyl (C=O) groups is 1. The molecule has 4 heteroatoms. The summed E-state index contributed by atoms with van der Waals surface area (Å²) in [7, 11) is 0. The maximum atomic E-state index is 12.2. The highest BCUT2D eigenvalue weighted by molar-refractivity contribution is 6.31. The van der Waals surface area contributed by atoms with Gasteiger partial charge in [-0.15, -0.1) is 0 Å². The Morgan fingerprint density at radius 3 is 2.95 bits per heavy atom. The number of fused-ring (bicyclic) bond motifs is 1. The minimum absolute atomic E-state index is 0.0698. The van der Waals surface area contributed by atoms with E-state index in [4.69, 9.17) is 11.6 Å². The summed E-state index contributed by atoms with van der Waals surface area (Å²) in [5.41, 5.74) is 3.95. The summed E-state index contributed by atoms with van der Waals surface area (Å²) >= 11 is 6.07. The highest BCUT2D eigenvalue weighted by Gasteiger charge is 2.13. The lowest BCUT2D eigenvalue weighted by Crippen LogP contribution is -2.23. The number of nitrogens with one attached hydrogen (secondary N) is 2. The van der Waals surface area contributed by atoms with Crippen LogP contribution in [0, 0.1) is 0 Å². The summed E-state index contributed by atoms with van der Waals surface area (Å²) in [6.07, 6.45) is 0.973. The third-order valence-corrected chi connectivity index (χ3v) is 3.84. The van der Waals surface area contributed by atoms with E-state index in [1.165, 1.54) is 5.56 Å². The largest absolute Gasteiger partial charge is 0.384 e. The molecule has 1 heterocycles. The molecule has 0 unspecified atom stereocenters. The topological polar surface area (TPSA) is 41.1 Å². The van der Waals surface area contributed by atoms with Crippen LogP contribution in [0.2, 0.25) is 5.02 Å². The van der Waals surface area contributed by atoms with Gasteiger partial charge in [-0.2, -0.15) is 0 Å². The molecule has 3 rings (SSSR count). The van der Waals surface area contributed by atoms with Crippen LogP contribution in [0.4, 0.5) is 5.69 Å². The van der Waals surface area contributed by atoms with Crippen LogP contribution >= 0.6 is 11.6 Å². The molecule has 0 atom stereocenters.